The molecule has 3 N–H and O–H groups in total. The molecule has 9 heteroatoms. The highest BCUT2D eigenvalue weighted by Gasteiger charge is 2.24. The van der Waals surface area contributed by atoms with E-state index in [1.54, 1.807) is 30.3 Å². The molecule has 1 heterocycles. The third-order valence-electron chi connectivity index (χ3n) is 4.09. The van der Waals surface area contributed by atoms with Crippen molar-refractivity contribution in [3.8, 4) is 5.75 Å². The first-order valence-corrected chi connectivity index (χ1v) is 8.08. The minimum atomic E-state index is -1.36. The highest BCUT2D eigenvalue weighted by molar-refractivity contribution is 6.03. The third kappa shape index (κ3) is 3.54. The van der Waals surface area contributed by atoms with Crippen LogP contribution in [0, 0.1) is 11.6 Å². The Balaban J connectivity index is 2.26. The molecular formula is C19H14F2N2O5. The van der Waals surface area contributed by atoms with Crippen molar-refractivity contribution in [1.82, 2.24) is 9.88 Å². The van der Waals surface area contributed by atoms with E-state index in [2.05, 4.69) is 0 Å². The number of hydrogen-bond acceptors (Lipinski definition) is 4. The molecule has 0 aliphatic rings. The first-order chi connectivity index (χ1) is 13.3. The number of rotatable bonds is 5. The Morgan fingerprint density at radius 3 is 2.36 bits per heavy atom. The van der Waals surface area contributed by atoms with Gasteiger partial charge < -0.3 is 20.1 Å². The average Bonchev–Trinajstić information content (AvgIpc) is 2.66. The van der Waals surface area contributed by atoms with Crippen LogP contribution < -0.4 is 10.9 Å². The normalized spacial score (nSPS) is 10.8. The Morgan fingerprint density at radius 1 is 1.07 bits per heavy atom. The van der Waals surface area contributed by atoms with Gasteiger partial charge in [0.1, 0.15) is 17.9 Å². The lowest BCUT2D eigenvalue weighted by Crippen LogP contribution is -2.36. The molecule has 1 aromatic heterocycles. The summed E-state index contributed by atoms with van der Waals surface area (Å²) in [5.41, 5.74) is -1.20. The molecule has 0 radical (unpaired) electrons. The molecule has 7 nitrogen and oxygen atoms in total. The largest absolute Gasteiger partial charge is 0.506 e. The predicted octanol–water partition coefficient (Wildman–Crippen LogP) is 1.85. The van der Waals surface area contributed by atoms with Crippen molar-refractivity contribution in [2.75, 3.05) is 6.54 Å². The summed E-state index contributed by atoms with van der Waals surface area (Å²) in [7, 11) is 0. The van der Waals surface area contributed by atoms with E-state index in [-0.39, 0.29) is 17.4 Å². The van der Waals surface area contributed by atoms with E-state index in [0.29, 0.717) is 11.6 Å². The van der Waals surface area contributed by atoms with Gasteiger partial charge in [-0.1, -0.05) is 30.3 Å². The zero-order chi connectivity index (χ0) is 20.4. The summed E-state index contributed by atoms with van der Waals surface area (Å²) in [5.74, 6) is -5.85. The van der Waals surface area contributed by atoms with Crippen LogP contribution in [0.25, 0.3) is 10.9 Å². The molecule has 28 heavy (non-hydrogen) atoms. The standard InChI is InChI=1S/C19H14F2N2O5/c20-12-6-11-14(7-13(12)21)23(9-10-4-2-1-3-5-10)19(28)16(17(11)26)18(27)22-8-15(24)25/h1-7,26H,8-9H2,(H,22,27)(H,24,25). The number of amides is 1. The number of carbonyl (C=O) groups is 2. The van der Waals surface area contributed by atoms with Crippen LogP contribution in [0.5, 0.6) is 5.75 Å². The van der Waals surface area contributed by atoms with Crippen LogP contribution in [0.1, 0.15) is 15.9 Å². The molecule has 0 atom stereocenters. The maximum atomic E-state index is 13.8. The number of carbonyl (C=O) groups excluding carboxylic acids is 1. The van der Waals surface area contributed by atoms with E-state index in [1.807, 2.05) is 5.32 Å². The molecule has 0 unspecified atom stereocenters. The van der Waals surface area contributed by atoms with Gasteiger partial charge in [-0.15, -0.1) is 0 Å². The van der Waals surface area contributed by atoms with Crippen LogP contribution in [0.2, 0.25) is 0 Å². The second-order valence-corrected chi connectivity index (χ2v) is 5.96. The molecule has 3 aromatic rings. The average molecular weight is 388 g/mol. The van der Waals surface area contributed by atoms with Crippen LogP contribution in [0.15, 0.2) is 47.3 Å². The van der Waals surface area contributed by atoms with E-state index in [1.165, 1.54) is 0 Å². The fourth-order valence-corrected chi connectivity index (χ4v) is 2.80. The number of carboxylic acid groups (broad SMARTS) is 1. The quantitative estimate of drug-likeness (QED) is 0.618. The maximum Gasteiger partial charge on any atom is 0.322 e. The van der Waals surface area contributed by atoms with Crippen LogP contribution in [-0.2, 0) is 11.3 Å². The molecule has 1 amide bonds. The van der Waals surface area contributed by atoms with E-state index in [9.17, 15) is 28.3 Å². The number of hydrogen-bond donors (Lipinski definition) is 3. The number of nitrogens with zero attached hydrogens (tertiary/aromatic N) is 1. The van der Waals surface area contributed by atoms with Crippen LogP contribution >= 0.6 is 0 Å². The Hall–Kier alpha value is -3.75. The SMILES string of the molecule is O=C(O)CNC(=O)c1c(O)c2cc(F)c(F)cc2n(Cc2ccccc2)c1=O. The smallest absolute Gasteiger partial charge is 0.322 e. The predicted molar refractivity (Wildman–Crippen MR) is 95.3 cm³/mol. The van der Waals surface area contributed by atoms with Gasteiger partial charge in [-0.05, 0) is 11.6 Å². The number of fused-ring (bicyclic) bond motifs is 1. The lowest BCUT2D eigenvalue weighted by atomic mass is 10.1. The number of aromatic hydroxyl groups is 1. The van der Waals surface area contributed by atoms with E-state index < -0.39 is 46.9 Å². The lowest BCUT2D eigenvalue weighted by Gasteiger charge is -2.15. The second kappa shape index (κ2) is 7.47. The highest BCUT2D eigenvalue weighted by atomic mass is 19.2. The molecular weight excluding hydrogens is 374 g/mol. The zero-order valence-corrected chi connectivity index (χ0v) is 14.3. The third-order valence-corrected chi connectivity index (χ3v) is 4.09. The number of benzene rings is 2. The first kappa shape index (κ1) is 19.0. The van der Waals surface area contributed by atoms with Gasteiger partial charge in [-0.25, -0.2) is 8.78 Å². The van der Waals surface area contributed by atoms with Gasteiger partial charge in [0.25, 0.3) is 11.5 Å². The molecule has 0 aliphatic heterocycles. The summed E-state index contributed by atoms with van der Waals surface area (Å²) < 4.78 is 28.5. The highest BCUT2D eigenvalue weighted by Crippen LogP contribution is 2.29. The number of halogens is 2. The summed E-state index contributed by atoms with van der Waals surface area (Å²) in [6, 6.07) is 9.99. The molecule has 0 bridgehead atoms. The fourth-order valence-electron chi connectivity index (χ4n) is 2.80. The van der Waals surface area contributed by atoms with Crippen molar-refractivity contribution in [1.29, 1.82) is 0 Å². The maximum absolute atomic E-state index is 13.8. The van der Waals surface area contributed by atoms with Crippen LogP contribution in [-0.4, -0.2) is 33.2 Å². The van der Waals surface area contributed by atoms with Crippen LogP contribution in [0.4, 0.5) is 8.78 Å². The van der Waals surface area contributed by atoms with Gasteiger partial charge in [0.2, 0.25) is 0 Å². The van der Waals surface area contributed by atoms with Gasteiger partial charge in [0.15, 0.2) is 11.6 Å². The first-order valence-electron chi connectivity index (χ1n) is 8.08. The topological polar surface area (TPSA) is 109 Å². The summed E-state index contributed by atoms with van der Waals surface area (Å²) >= 11 is 0. The van der Waals surface area contributed by atoms with Crippen molar-refractivity contribution >= 4 is 22.8 Å². The second-order valence-electron chi connectivity index (χ2n) is 5.96. The monoisotopic (exact) mass is 388 g/mol. The van der Waals surface area contributed by atoms with Gasteiger partial charge in [-0.3, -0.25) is 14.4 Å². The number of nitrogens with one attached hydrogen (secondary N) is 1. The van der Waals surface area contributed by atoms with Crippen molar-refractivity contribution in [2.24, 2.45) is 0 Å². The number of aliphatic carboxylic acids is 1. The Kier molecular flexibility index (Phi) is 5.08. The number of pyridine rings is 1. The molecule has 144 valence electrons. The molecule has 0 saturated heterocycles. The number of carboxylic acids is 1. The molecule has 2 aromatic carbocycles. The van der Waals surface area contributed by atoms with Crippen LogP contribution in [0.3, 0.4) is 0 Å². The van der Waals surface area contributed by atoms with Crippen molar-refractivity contribution in [3.63, 3.8) is 0 Å². The minimum Gasteiger partial charge on any atom is -0.506 e. The summed E-state index contributed by atoms with van der Waals surface area (Å²) in [5, 5.41) is 20.8. The molecule has 0 saturated carbocycles. The van der Waals surface area contributed by atoms with Gasteiger partial charge in [0, 0.05) is 11.5 Å². The summed E-state index contributed by atoms with van der Waals surface area (Å²) in [6.07, 6.45) is 0. The van der Waals surface area contributed by atoms with Gasteiger partial charge >= 0.3 is 5.97 Å². The van der Waals surface area contributed by atoms with Crippen molar-refractivity contribution in [2.45, 2.75) is 6.54 Å². The fraction of sp³-hybridized carbons (Fsp3) is 0.105. The zero-order valence-electron chi connectivity index (χ0n) is 14.3. The Labute approximate surface area is 156 Å². The van der Waals surface area contributed by atoms with Crippen molar-refractivity contribution < 1.29 is 28.6 Å². The van der Waals surface area contributed by atoms with E-state index in [4.69, 9.17) is 5.11 Å². The van der Waals surface area contributed by atoms with E-state index in [0.717, 1.165) is 10.6 Å². The molecule has 0 spiro atoms. The summed E-state index contributed by atoms with van der Waals surface area (Å²) in [4.78, 5) is 35.8. The summed E-state index contributed by atoms with van der Waals surface area (Å²) in [6.45, 7) is -0.868. The van der Waals surface area contributed by atoms with Gasteiger partial charge in [-0.2, -0.15) is 0 Å². The Bertz CT molecular complexity index is 1140. The Morgan fingerprint density at radius 2 is 1.71 bits per heavy atom. The lowest BCUT2D eigenvalue weighted by molar-refractivity contribution is -0.135. The molecule has 3 rings (SSSR count). The minimum absolute atomic E-state index is 0.0826. The number of aromatic nitrogens is 1. The molecule has 0 aliphatic carbocycles. The van der Waals surface area contributed by atoms with Gasteiger partial charge in [0.05, 0.1) is 12.1 Å². The molecule has 0 fully saturated rings. The van der Waals surface area contributed by atoms with Crippen molar-refractivity contribution in [3.05, 3.63) is 75.6 Å². The van der Waals surface area contributed by atoms with E-state index >= 15 is 0 Å².